The molecule has 4 rings (SSSR count). The Bertz CT molecular complexity index is 1290. The van der Waals surface area contributed by atoms with Gasteiger partial charge in [0.25, 0.3) is 10.2 Å². The lowest BCUT2D eigenvalue weighted by Crippen LogP contribution is -2.55. The van der Waals surface area contributed by atoms with Gasteiger partial charge < -0.3 is 5.32 Å². The van der Waals surface area contributed by atoms with E-state index in [0.717, 1.165) is 31.3 Å². The van der Waals surface area contributed by atoms with Gasteiger partial charge in [-0.05, 0) is 43.2 Å². The molecule has 0 aliphatic carbocycles. The molecule has 0 unspecified atom stereocenters. The fourth-order valence-electron chi connectivity index (χ4n) is 3.60. The average molecular weight is 498 g/mol. The van der Waals surface area contributed by atoms with Crippen molar-refractivity contribution in [3.63, 3.8) is 0 Å². The Labute approximate surface area is 194 Å². The van der Waals surface area contributed by atoms with Crippen molar-refractivity contribution in [3.8, 4) is 10.4 Å². The van der Waals surface area contributed by atoms with E-state index in [1.807, 2.05) is 26.2 Å². The van der Waals surface area contributed by atoms with Gasteiger partial charge >= 0.3 is 0 Å². The summed E-state index contributed by atoms with van der Waals surface area (Å²) in [7, 11) is -0.720. The molecule has 12 heteroatoms. The monoisotopic (exact) mass is 497 g/mol. The van der Waals surface area contributed by atoms with Gasteiger partial charge in [-0.15, -0.1) is 11.3 Å². The van der Waals surface area contributed by atoms with Gasteiger partial charge in [0.2, 0.25) is 5.91 Å². The van der Waals surface area contributed by atoms with Crippen molar-refractivity contribution in [1.29, 1.82) is 0 Å². The number of nitrogens with one attached hydrogen (secondary N) is 2. The van der Waals surface area contributed by atoms with Crippen molar-refractivity contribution in [2.45, 2.75) is 25.4 Å². The topological polar surface area (TPSA) is 96.3 Å². The molecule has 1 aromatic carbocycles. The van der Waals surface area contributed by atoms with Gasteiger partial charge in [0, 0.05) is 41.3 Å². The molecule has 0 saturated carbocycles. The quantitative estimate of drug-likeness (QED) is 0.577. The highest BCUT2D eigenvalue weighted by molar-refractivity contribution is 7.87. The molecule has 0 bridgehead atoms. The van der Waals surface area contributed by atoms with E-state index in [9.17, 15) is 17.6 Å². The summed E-state index contributed by atoms with van der Waals surface area (Å²) in [6.45, 7) is 1.95. The summed E-state index contributed by atoms with van der Waals surface area (Å²) in [5.41, 5.74) is 2.23. The number of halogens is 2. The number of hydrogen-bond acceptors (Lipinski definition) is 5. The Morgan fingerprint density at radius 1 is 1.34 bits per heavy atom. The zero-order valence-corrected chi connectivity index (χ0v) is 19.9. The molecule has 0 radical (unpaired) electrons. The van der Waals surface area contributed by atoms with E-state index in [0.29, 0.717) is 0 Å². The van der Waals surface area contributed by atoms with Crippen molar-refractivity contribution in [3.05, 3.63) is 57.9 Å². The van der Waals surface area contributed by atoms with Crippen LogP contribution in [0.2, 0.25) is 5.02 Å². The molecule has 1 aliphatic rings. The van der Waals surface area contributed by atoms with E-state index >= 15 is 0 Å². The van der Waals surface area contributed by atoms with Gasteiger partial charge in [-0.1, -0.05) is 11.6 Å². The highest BCUT2D eigenvalue weighted by atomic mass is 35.5. The van der Waals surface area contributed by atoms with E-state index in [1.54, 1.807) is 10.9 Å². The minimum atomic E-state index is -3.90. The number of amides is 1. The van der Waals surface area contributed by atoms with Gasteiger partial charge in [-0.2, -0.15) is 22.5 Å². The number of benzene rings is 1. The SMILES string of the molecule is Cc1cc([C@H]2C[C@@H](C(=O)Nc3ccc(F)c(Cl)c3)N(C)S(=O)(=O)N2)sc1-c1cnn(C)c1. The lowest BCUT2D eigenvalue weighted by atomic mass is 10.0. The fourth-order valence-corrected chi connectivity index (χ4v) is 6.33. The number of aromatic nitrogens is 2. The molecule has 1 fully saturated rings. The van der Waals surface area contributed by atoms with E-state index in [-0.39, 0.29) is 17.1 Å². The zero-order chi connectivity index (χ0) is 23.2. The Kier molecular flexibility index (Phi) is 6.12. The molecule has 2 atom stereocenters. The molecule has 1 amide bonds. The predicted molar refractivity (Wildman–Crippen MR) is 122 cm³/mol. The molecule has 0 spiro atoms. The molecule has 3 aromatic rings. The van der Waals surface area contributed by atoms with Crippen LogP contribution >= 0.6 is 22.9 Å². The van der Waals surface area contributed by atoms with Gasteiger partial charge in [-0.25, -0.2) is 4.39 Å². The second-order valence-electron chi connectivity index (χ2n) is 7.62. The minimum absolute atomic E-state index is 0.135. The standard InChI is InChI=1S/C20H21ClFN5O3S2/c1-11-6-18(31-19(11)12-9-23-26(2)10-12)16-8-17(27(3)32(29,30)25-16)20(28)24-13-4-5-15(22)14(21)7-13/h4-7,9-10,16-17,25H,8H2,1-3H3,(H,24,28)/t16-,17+/m1/s1. The van der Waals surface area contributed by atoms with E-state index < -0.39 is 34.0 Å². The second kappa shape index (κ2) is 8.56. The second-order valence-corrected chi connectivity index (χ2v) is 10.9. The van der Waals surface area contributed by atoms with Gasteiger partial charge in [0.1, 0.15) is 11.9 Å². The highest BCUT2D eigenvalue weighted by Gasteiger charge is 2.41. The van der Waals surface area contributed by atoms with Gasteiger partial charge in [0.15, 0.2) is 0 Å². The van der Waals surface area contributed by atoms with Crippen molar-refractivity contribution in [2.24, 2.45) is 7.05 Å². The Morgan fingerprint density at radius 3 is 2.75 bits per heavy atom. The van der Waals surface area contributed by atoms with Gasteiger partial charge in [-0.3, -0.25) is 9.48 Å². The first-order valence-electron chi connectivity index (χ1n) is 9.65. The minimum Gasteiger partial charge on any atom is -0.325 e. The van der Waals surface area contributed by atoms with Crippen LogP contribution in [0.4, 0.5) is 10.1 Å². The van der Waals surface area contributed by atoms with E-state index in [1.165, 1.54) is 30.5 Å². The molecule has 8 nitrogen and oxygen atoms in total. The predicted octanol–water partition coefficient (Wildman–Crippen LogP) is 3.47. The Balaban J connectivity index is 1.60. The number of carbonyl (C=O) groups excluding carboxylic acids is 1. The van der Waals surface area contributed by atoms with Crippen LogP contribution in [0.3, 0.4) is 0 Å². The largest absolute Gasteiger partial charge is 0.325 e. The van der Waals surface area contributed by atoms with Gasteiger partial charge in [0.05, 0.1) is 17.3 Å². The molecule has 32 heavy (non-hydrogen) atoms. The number of thiophene rings is 1. The number of aryl methyl sites for hydroxylation is 2. The molecular formula is C20H21ClFN5O3S2. The maximum atomic E-state index is 13.4. The van der Waals surface area contributed by atoms with Crippen LogP contribution in [0.15, 0.2) is 36.7 Å². The zero-order valence-electron chi connectivity index (χ0n) is 17.5. The van der Waals surface area contributed by atoms with Crippen molar-refractivity contribution < 1.29 is 17.6 Å². The number of anilines is 1. The third-order valence-electron chi connectivity index (χ3n) is 5.31. The lowest BCUT2D eigenvalue weighted by molar-refractivity contribution is -0.120. The fraction of sp³-hybridized carbons (Fsp3) is 0.300. The Morgan fingerprint density at radius 2 is 2.09 bits per heavy atom. The third kappa shape index (κ3) is 4.44. The third-order valence-corrected chi connectivity index (χ3v) is 8.59. The van der Waals surface area contributed by atoms with Crippen LogP contribution in [-0.4, -0.2) is 41.5 Å². The summed E-state index contributed by atoms with van der Waals surface area (Å²) in [5.74, 6) is -1.13. The molecule has 2 N–H and O–H groups in total. The molecule has 170 valence electrons. The average Bonchev–Trinajstić information content (AvgIpc) is 3.32. The Hall–Kier alpha value is -2.31. The summed E-state index contributed by atoms with van der Waals surface area (Å²) in [5, 5.41) is 6.69. The van der Waals surface area contributed by atoms with Crippen LogP contribution in [0, 0.1) is 12.7 Å². The lowest BCUT2D eigenvalue weighted by Gasteiger charge is -2.35. The number of carbonyl (C=O) groups is 1. The van der Waals surface area contributed by atoms with Crippen molar-refractivity contribution in [1.82, 2.24) is 18.8 Å². The first-order valence-corrected chi connectivity index (χ1v) is 12.3. The molecule has 2 aromatic heterocycles. The van der Waals surface area contributed by atoms with E-state index in [4.69, 9.17) is 11.6 Å². The highest BCUT2D eigenvalue weighted by Crippen LogP contribution is 2.38. The molecule has 3 heterocycles. The van der Waals surface area contributed by atoms with E-state index in [2.05, 4.69) is 15.1 Å². The summed E-state index contributed by atoms with van der Waals surface area (Å²) in [6, 6.07) is 4.19. The summed E-state index contributed by atoms with van der Waals surface area (Å²) in [6.07, 6.45) is 3.87. The summed E-state index contributed by atoms with van der Waals surface area (Å²) < 4.78 is 44.3. The maximum Gasteiger partial charge on any atom is 0.280 e. The normalized spacial score (nSPS) is 20.9. The molecular weight excluding hydrogens is 477 g/mol. The van der Waals surface area contributed by atoms with Crippen LogP contribution in [0.25, 0.3) is 10.4 Å². The number of nitrogens with zero attached hydrogens (tertiary/aromatic N) is 3. The van der Waals surface area contributed by atoms with Crippen LogP contribution in [-0.2, 0) is 22.1 Å². The number of rotatable bonds is 4. The number of likely N-dealkylation sites (N-methyl/N-ethyl adjacent to an activating group) is 1. The maximum absolute atomic E-state index is 13.4. The first-order chi connectivity index (χ1) is 15.0. The van der Waals surface area contributed by atoms with Crippen LogP contribution < -0.4 is 10.0 Å². The summed E-state index contributed by atoms with van der Waals surface area (Å²) >= 11 is 7.25. The van der Waals surface area contributed by atoms with Crippen molar-refractivity contribution >= 4 is 44.7 Å². The summed E-state index contributed by atoms with van der Waals surface area (Å²) in [4.78, 5) is 14.7. The molecule has 1 saturated heterocycles. The number of hydrogen-bond donors (Lipinski definition) is 2. The first kappa shape index (κ1) is 22.9. The van der Waals surface area contributed by atoms with Crippen LogP contribution in [0.1, 0.15) is 22.9 Å². The molecule has 1 aliphatic heterocycles. The smallest absolute Gasteiger partial charge is 0.280 e. The van der Waals surface area contributed by atoms with Crippen molar-refractivity contribution in [2.75, 3.05) is 12.4 Å². The van der Waals surface area contributed by atoms with Crippen LogP contribution in [0.5, 0.6) is 0 Å².